The van der Waals surface area contributed by atoms with E-state index in [-0.39, 0.29) is 0 Å². The van der Waals surface area contributed by atoms with Gasteiger partial charge in [0.1, 0.15) is 6.07 Å². The lowest BCUT2D eigenvalue weighted by atomic mass is 10.3. The van der Waals surface area contributed by atoms with Gasteiger partial charge in [0, 0.05) is 0 Å². The molecule has 0 amide bonds. The zero-order valence-electron chi connectivity index (χ0n) is 6.11. The van der Waals surface area contributed by atoms with E-state index in [9.17, 15) is 8.78 Å². The standard InChI is InChI=1S/C5HCl4F2NO2/c6-2-4(7,8)14-5(9,13-2)3(10,11)1-12/h2H. The van der Waals surface area contributed by atoms with Crippen molar-refractivity contribution in [3.05, 3.63) is 0 Å². The second kappa shape index (κ2) is 3.48. The van der Waals surface area contributed by atoms with Gasteiger partial charge in [0.2, 0.25) is 0 Å². The Labute approximate surface area is 97.4 Å². The molecule has 2 unspecified atom stereocenters. The molecule has 0 aromatic rings. The number of rotatable bonds is 1. The predicted molar refractivity (Wildman–Crippen MR) is 45.4 cm³/mol. The molecule has 0 aliphatic carbocycles. The number of alkyl halides is 6. The van der Waals surface area contributed by atoms with E-state index < -0.39 is 21.3 Å². The van der Waals surface area contributed by atoms with Gasteiger partial charge in [-0.2, -0.15) is 14.0 Å². The number of nitriles is 1. The minimum absolute atomic E-state index is 0.591. The highest BCUT2D eigenvalue weighted by molar-refractivity contribution is 6.51. The van der Waals surface area contributed by atoms with Gasteiger partial charge < -0.3 is 4.74 Å². The first-order valence-electron chi connectivity index (χ1n) is 3.02. The van der Waals surface area contributed by atoms with E-state index in [0.717, 1.165) is 0 Å². The molecule has 1 aliphatic rings. The fourth-order valence-corrected chi connectivity index (χ4v) is 1.51. The number of hydrogen-bond donors (Lipinski definition) is 0. The van der Waals surface area contributed by atoms with Gasteiger partial charge >= 0.3 is 11.2 Å². The predicted octanol–water partition coefficient (Wildman–Crippen LogP) is 2.78. The lowest BCUT2D eigenvalue weighted by Gasteiger charge is -2.23. The molecule has 2 atom stereocenters. The molecule has 9 heteroatoms. The zero-order valence-corrected chi connectivity index (χ0v) is 9.13. The van der Waals surface area contributed by atoms with Crippen molar-refractivity contribution in [1.29, 1.82) is 5.26 Å². The third-order valence-electron chi connectivity index (χ3n) is 1.30. The van der Waals surface area contributed by atoms with E-state index in [1.807, 2.05) is 0 Å². The minimum Gasteiger partial charge on any atom is -0.306 e. The number of nitrogens with zero attached hydrogens (tertiary/aromatic N) is 1. The van der Waals surface area contributed by atoms with Crippen molar-refractivity contribution < 1.29 is 18.3 Å². The van der Waals surface area contributed by atoms with Gasteiger partial charge in [-0.15, -0.1) is 0 Å². The Bertz CT molecular complexity index is 294. The molecule has 0 aromatic carbocycles. The summed E-state index contributed by atoms with van der Waals surface area (Å²) in [5.41, 5.74) is -1.61. The molecule has 1 aliphatic heterocycles. The van der Waals surface area contributed by atoms with Crippen LogP contribution in [0.25, 0.3) is 0 Å². The molecule has 80 valence electrons. The van der Waals surface area contributed by atoms with Crippen molar-refractivity contribution in [1.82, 2.24) is 0 Å². The Morgan fingerprint density at radius 2 is 1.86 bits per heavy atom. The van der Waals surface area contributed by atoms with E-state index >= 15 is 0 Å². The minimum atomic E-state index is -4.13. The molecule has 0 spiro atoms. The summed E-state index contributed by atoms with van der Waals surface area (Å²) in [4.78, 5) is 0. The quantitative estimate of drug-likeness (QED) is 0.696. The van der Waals surface area contributed by atoms with Crippen molar-refractivity contribution in [2.75, 3.05) is 0 Å². The first-order chi connectivity index (χ1) is 6.15. The first kappa shape index (κ1) is 12.5. The Balaban J connectivity index is 2.98. The monoisotopic (exact) mass is 285 g/mol. The Hall–Kier alpha value is 0.430. The van der Waals surface area contributed by atoms with Crippen LogP contribution in [0.15, 0.2) is 0 Å². The highest BCUT2D eigenvalue weighted by atomic mass is 35.5. The normalized spacial score (nSPS) is 36.8. The molecule has 1 saturated heterocycles. The first-order valence-corrected chi connectivity index (χ1v) is 4.59. The zero-order chi connectivity index (χ0) is 11.2. The van der Waals surface area contributed by atoms with Crippen LogP contribution in [0.5, 0.6) is 0 Å². The largest absolute Gasteiger partial charge is 0.399 e. The highest BCUT2D eigenvalue weighted by Gasteiger charge is 2.68. The van der Waals surface area contributed by atoms with Crippen LogP contribution in [0.3, 0.4) is 0 Å². The number of hydrogen-bond acceptors (Lipinski definition) is 3. The van der Waals surface area contributed by atoms with Crippen molar-refractivity contribution >= 4 is 46.4 Å². The maximum atomic E-state index is 12.8. The molecule has 14 heavy (non-hydrogen) atoms. The summed E-state index contributed by atoms with van der Waals surface area (Å²) < 4.78 is 32.0. The van der Waals surface area contributed by atoms with Crippen LogP contribution < -0.4 is 0 Å². The molecule has 0 radical (unpaired) electrons. The maximum Gasteiger partial charge on any atom is 0.399 e. The van der Waals surface area contributed by atoms with Gasteiger partial charge in [-0.25, -0.2) is 0 Å². The molecule has 0 bridgehead atoms. The second-order valence-electron chi connectivity index (χ2n) is 2.32. The lowest BCUT2D eigenvalue weighted by Crippen LogP contribution is -2.44. The molecule has 1 rings (SSSR count). The van der Waals surface area contributed by atoms with Gasteiger partial charge in [-0.05, 0) is 11.6 Å². The van der Waals surface area contributed by atoms with Gasteiger partial charge in [0.15, 0.2) is 5.56 Å². The van der Waals surface area contributed by atoms with Crippen LogP contribution in [-0.4, -0.2) is 21.3 Å². The van der Waals surface area contributed by atoms with Gasteiger partial charge in [0.05, 0.1) is 0 Å². The molecule has 1 heterocycles. The topological polar surface area (TPSA) is 42.2 Å². The Morgan fingerprint density at radius 3 is 2.14 bits per heavy atom. The van der Waals surface area contributed by atoms with E-state index in [2.05, 4.69) is 9.47 Å². The Morgan fingerprint density at radius 1 is 1.36 bits per heavy atom. The van der Waals surface area contributed by atoms with Crippen LogP contribution in [0.4, 0.5) is 8.78 Å². The average Bonchev–Trinajstić information content (AvgIpc) is 2.22. The average molecular weight is 287 g/mol. The van der Waals surface area contributed by atoms with Crippen molar-refractivity contribution in [2.45, 2.75) is 21.3 Å². The summed E-state index contributed by atoms with van der Waals surface area (Å²) >= 11 is 21.1. The van der Waals surface area contributed by atoms with Crippen LogP contribution in [-0.2, 0) is 9.47 Å². The maximum absolute atomic E-state index is 12.8. The summed E-state index contributed by atoms with van der Waals surface area (Å²) in [5.74, 6) is -4.13. The molecule has 0 aromatic heterocycles. The van der Waals surface area contributed by atoms with E-state index in [1.54, 1.807) is 0 Å². The summed E-state index contributed by atoms with van der Waals surface area (Å²) in [7, 11) is 0. The van der Waals surface area contributed by atoms with Crippen LogP contribution >= 0.6 is 46.4 Å². The molecular formula is C5HCl4F2NO2. The third kappa shape index (κ3) is 1.87. The molecule has 1 fully saturated rings. The second-order valence-corrected chi connectivity index (χ2v) is 4.53. The number of ether oxygens (including phenoxy) is 2. The van der Waals surface area contributed by atoms with Crippen LogP contribution in [0.1, 0.15) is 0 Å². The molecule has 0 saturated carbocycles. The summed E-state index contributed by atoms with van der Waals surface area (Å²) in [5, 5.41) is 5.03. The fraction of sp³-hybridized carbons (Fsp3) is 0.800. The summed E-state index contributed by atoms with van der Waals surface area (Å²) in [6, 6.07) is 0.591. The lowest BCUT2D eigenvalue weighted by molar-refractivity contribution is -0.216. The summed E-state index contributed by atoms with van der Waals surface area (Å²) in [6.45, 7) is 0. The van der Waals surface area contributed by atoms with Crippen LogP contribution in [0, 0.1) is 11.3 Å². The van der Waals surface area contributed by atoms with Gasteiger partial charge in [-0.1, -0.05) is 34.8 Å². The molecule has 0 N–H and O–H groups in total. The van der Waals surface area contributed by atoms with Gasteiger partial charge in [0.25, 0.3) is 4.52 Å². The summed E-state index contributed by atoms with van der Waals surface area (Å²) in [6.07, 6.45) is 0. The smallest absolute Gasteiger partial charge is 0.306 e. The highest BCUT2D eigenvalue weighted by Crippen LogP contribution is 2.52. The van der Waals surface area contributed by atoms with Crippen molar-refractivity contribution in [3.8, 4) is 6.07 Å². The van der Waals surface area contributed by atoms with Gasteiger partial charge in [-0.3, -0.25) is 4.74 Å². The van der Waals surface area contributed by atoms with E-state index in [1.165, 1.54) is 0 Å². The third-order valence-corrected chi connectivity index (χ3v) is 2.88. The Kier molecular flexibility index (Phi) is 3.10. The fourth-order valence-electron chi connectivity index (χ4n) is 0.652. The molecule has 3 nitrogen and oxygen atoms in total. The van der Waals surface area contributed by atoms with E-state index in [4.69, 9.17) is 51.7 Å². The van der Waals surface area contributed by atoms with E-state index in [0.29, 0.717) is 6.07 Å². The number of halogens is 6. The van der Waals surface area contributed by atoms with Crippen LogP contribution in [0.2, 0.25) is 0 Å². The van der Waals surface area contributed by atoms with Crippen molar-refractivity contribution in [2.24, 2.45) is 0 Å². The van der Waals surface area contributed by atoms with Crippen molar-refractivity contribution in [3.63, 3.8) is 0 Å². The molecular weight excluding hydrogens is 286 g/mol. The SMILES string of the molecule is N#CC(F)(F)C1(Cl)OC(Cl)C(Cl)(Cl)O1.